The molecule has 22 heavy (non-hydrogen) atoms. The van der Waals surface area contributed by atoms with Crippen LogP contribution < -0.4 is 0 Å². The van der Waals surface area contributed by atoms with Crippen molar-refractivity contribution in [2.45, 2.75) is 0 Å². The average Bonchev–Trinajstić information content (AvgIpc) is 2.39. The standard InChI is InChI=1S/2C6H7Cl.2CHNS.2Pd/c2*1-5(2)6(3)4-7;2*2-1-3;;/h2*1H,2-4H2;2*3H;;/q2*-2;;;2*+2/p-2. The Labute approximate surface area is 183 Å². The van der Waals surface area contributed by atoms with Crippen LogP contribution in [0.15, 0.2) is 35.5 Å². The fourth-order valence-electron chi connectivity index (χ4n) is 0.172. The molecule has 0 unspecified atom stereocenters. The van der Waals surface area contributed by atoms with Gasteiger partial charge in [-0.1, -0.05) is 10.8 Å². The van der Waals surface area contributed by atoms with Gasteiger partial charge in [0.2, 0.25) is 0 Å². The van der Waals surface area contributed by atoms with Gasteiger partial charge in [-0.15, -0.1) is 23.2 Å². The molecule has 8 heteroatoms. The summed E-state index contributed by atoms with van der Waals surface area (Å²) in [7, 11) is 0. The topological polar surface area (TPSA) is 47.6 Å². The number of hydrogen-bond acceptors (Lipinski definition) is 4. The monoisotopic (exact) mass is 556 g/mol. The largest absolute Gasteiger partial charge is 2.00 e. The molecule has 0 saturated carbocycles. The van der Waals surface area contributed by atoms with Gasteiger partial charge in [0.1, 0.15) is 0 Å². The van der Waals surface area contributed by atoms with Gasteiger partial charge in [0.05, 0.1) is 0 Å². The molecule has 0 fully saturated rings. The van der Waals surface area contributed by atoms with E-state index in [4.69, 9.17) is 46.9 Å². The third-order valence-corrected chi connectivity index (χ3v) is 1.88. The fraction of sp³-hybridized carbons (Fsp3) is 0.143. The molecule has 0 radical (unpaired) electrons. The molecule has 0 N–H and O–H groups in total. The summed E-state index contributed by atoms with van der Waals surface area (Å²) >= 11 is 18.0. The molecule has 0 aromatic rings. The van der Waals surface area contributed by atoms with E-state index in [1.54, 1.807) is 0 Å². The van der Waals surface area contributed by atoms with E-state index < -0.39 is 0 Å². The summed E-state index contributed by atoms with van der Waals surface area (Å²) in [5.41, 5.74) is 2.33. The van der Waals surface area contributed by atoms with E-state index in [2.05, 4.69) is 52.3 Å². The molecular formula is C14H14Cl2N2Pd2S2-2. The van der Waals surface area contributed by atoms with Gasteiger partial charge in [0.25, 0.3) is 0 Å². The van der Waals surface area contributed by atoms with Crippen LogP contribution in [0.5, 0.6) is 0 Å². The van der Waals surface area contributed by atoms with Gasteiger partial charge in [0.15, 0.2) is 0 Å². The normalized spacial score (nSPS) is 5.82. The van der Waals surface area contributed by atoms with Crippen molar-refractivity contribution in [1.29, 1.82) is 10.5 Å². The van der Waals surface area contributed by atoms with Crippen LogP contribution in [-0.2, 0) is 66.1 Å². The van der Waals surface area contributed by atoms with Crippen molar-refractivity contribution in [3.8, 4) is 10.8 Å². The summed E-state index contributed by atoms with van der Waals surface area (Å²) < 4.78 is 0. The van der Waals surface area contributed by atoms with Crippen LogP contribution in [0, 0.1) is 48.3 Å². The van der Waals surface area contributed by atoms with E-state index in [9.17, 15) is 0 Å². The first-order chi connectivity index (χ1) is 9.19. The zero-order chi connectivity index (χ0) is 17.1. The molecule has 0 aliphatic carbocycles. The van der Waals surface area contributed by atoms with E-state index in [0.29, 0.717) is 34.1 Å². The maximum atomic E-state index is 7.13. The number of thiocyanates is 2. The first kappa shape index (κ1) is 37.9. The maximum Gasteiger partial charge on any atom is 2.00 e. The second-order valence-electron chi connectivity index (χ2n) is 2.71. The average molecular weight is 558 g/mol. The van der Waals surface area contributed by atoms with Crippen LogP contribution in [0.2, 0.25) is 0 Å². The molecule has 0 amide bonds. The van der Waals surface area contributed by atoms with E-state index in [0.717, 1.165) is 0 Å². The fourth-order valence-corrected chi connectivity index (χ4v) is 0.515. The number of halogens is 2. The smallest absolute Gasteiger partial charge is 0.696 e. The first-order valence-corrected chi connectivity index (χ1v) is 6.47. The summed E-state index contributed by atoms with van der Waals surface area (Å²) in [5.74, 6) is 0.741. The molecule has 0 saturated heterocycles. The molecule has 0 bridgehead atoms. The van der Waals surface area contributed by atoms with Crippen molar-refractivity contribution in [1.82, 2.24) is 0 Å². The minimum absolute atomic E-state index is 0. The van der Waals surface area contributed by atoms with Crippen molar-refractivity contribution in [3.63, 3.8) is 0 Å². The number of hydrogen-bond donors (Lipinski definition) is 0. The van der Waals surface area contributed by atoms with Crippen molar-refractivity contribution in [2.24, 2.45) is 0 Å². The van der Waals surface area contributed by atoms with Crippen LogP contribution in [0.3, 0.4) is 0 Å². The molecule has 0 aliphatic heterocycles. The predicted molar refractivity (Wildman–Crippen MR) is 92.0 cm³/mol. The summed E-state index contributed by atoms with van der Waals surface area (Å²) in [6.07, 6.45) is 0. The SMILES string of the molecule is N#C[S-].N#C[S-].[CH-]=C([CH2-])C(=C)CCl.[CH-]=C([CH2-])C(=C)CCl.[Pd+2].[Pd+2]. The van der Waals surface area contributed by atoms with E-state index in [-0.39, 0.29) is 40.8 Å². The third kappa shape index (κ3) is 50.1. The molecule has 0 spiro atoms. The second kappa shape index (κ2) is 32.8. The summed E-state index contributed by atoms with van der Waals surface area (Å²) in [6.45, 7) is 24.2. The van der Waals surface area contributed by atoms with Gasteiger partial charge < -0.3 is 63.4 Å². The van der Waals surface area contributed by atoms with Crippen LogP contribution in [0.25, 0.3) is 0 Å². The quantitative estimate of drug-likeness (QED) is 0.131. The Morgan fingerprint density at radius 2 is 1.05 bits per heavy atom. The van der Waals surface area contributed by atoms with Gasteiger partial charge in [0, 0.05) is 0 Å². The number of nitriles is 2. The van der Waals surface area contributed by atoms with Gasteiger partial charge in [-0.2, -0.15) is 0 Å². The van der Waals surface area contributed by atoms with E-state index in [1.807, 2.05) is 0 Å². The van der Waals surface area contributed by atoms with Gasteiger partial charge in [-0.05, 0) is 11.8 Å². The van der Waals surface area contributed by atoms with Crippen LogP contribution in [0.4, 0.5) is 0 Å². The Hall–Kier alpha value is 0.0247. The second-order valence-corrected chi connectivity index (χ2v) is 3.61. The summed E-state index contributed by atoms with van der Waals surface area (Å²) in [6, 6.07) is 0. The Kier molecular flexibility index (Phi) is 56.6. The first-order valence-electron chi connectivity index (χ1n) is 4.59. The molecular weight excluding hydrogens is 544 g/mol. The minimum atomic E-state index is 0. The zero-order valence-electron chi connectivity index (χ0n) is 11.5. The van der Waals surface area contributed by atoms with E-state index >= 15 is 0 Å². The van der Waals surface area contributed by atoms with Gasteiger partial charge in [-0.3, -0.25) is 11.1 Å². The van der Waals surface area contributed by atoms with Crippen LogP contribution in [-0.4, -0.2) is 11.8 Å². The Bertz CT molecular complexity index is 363. The van der Waals surface area contributed by atoms with Crippen molar-refractivity contribution < 1.29 is 40.8 Å². The van der Waals surface area contributed by atoms with Crippen LogP contribution >= 0.6 is 23.2 Å². The molecule has 0 atom stereocenters. The third-order valence-electron chi connectivity index (χ3n) is 1.23. The van der Waals surface area contributed by atoms with Crippen molar-refractivity contribution >= 4 is 48.5 Å². The zero-order valence-corrected chi connectivity index (χ0v) is 17.8. The Morgan fingerprint density at radius 1 is 0.909 bits per heavy atom. The molecule has 128 valence electrons. The molecule has 0 aromatic heterocycles. The van der Waals surface area contributed by atoms with Crippen LogP contribution in [0.1, 0.15) is 0 Å². The Morgan fingerprint density at radius 3 is 1.05 bits per heavy atom. The van der Waals surface area contributed by atoms with Crippen molar-refractivity contribution in [2.75, 3.05) is 11.8 Å². The molecule has 0 rings (SSSR count). The molecule has 0 aliphatic rings. The summed E-state index contributed by atoms with van der Waals surface area (Å²) in [4.78, 5) is 0. The predicted octanol–water partition coefficient (Wildman–Crippen LogP) is 3.97. The van der Waals surface area contributed by atoms with Gasteiger partial charge >= 0.3 is 40.8 Å². The van der Waals surface area contributed by atoms with Crippen molar-refractivity contribution in [3.05, 3.63) is 62.5 Å². The Balaban J connectivity index is -0.0000000404. The maximum absolute atomic E-state index is 7.13. The number of nitrogens with zero attached hydrogens (tertiary/aromatic N) is 2. The summed E-state index contributed by atoms with van der Waals surface area (Å²) in [5, 5.41) is 16.9. The molecule has 2 nitrogen and oxygen atoms in total. The number of allylic oxidation sites excluding steroid dienone is 4. The molecule has 0 aromatic carbocycles. The van der Waals surface area contributed by atoms with Gasteiger partial charge in [-0.25, -0.2) is 23.7 Å². The van der Waals surface area contributed by atoms with E-state index in [1.165, 1.54) is 10.8 Å². The minimum Gasteiger partial charge on any atom is -0.696 e. The molecule has 0 heterocycles. The number of alkyl halides is 2. The number of rotatable bonds is 4.